The highest BCUT2D eigenvalue weighted by Gasteiger charge is 2.55. The summed E-state index contributed by atoms with van der Waals surface area (Å²) in [6.07, 6.45) is 0. The van der Waals surface area contributed by atoms with Crippen LogP contribution in [0.2, 0.25) is 0 Å². The van der Waals surface area contributed by atoms with Crippen LogP contribution in [0.1, 0.15) is 82.8 Å². The summed E-state index contributed by atoms with van der Waals surface area (Å²) in [7, 11) is 0. The smallest absolute Gasteiger partial charge is 0.261 e. The molecule has 2 aromatic heterocycles. The van der Waals surface area contributed by atoms with Gasteiger partial charge in [-0.3, -0.25) is 0 Å². The first kappa shape index (κ1) is 46.2. The van der Waals surface area contributed by atoms with Crippen LogP contribution >= 0.6 is 0 Å². The van der Waals surface area contributed by atoms with Crippen molar-refractivity contribution in [1.82, 2.24) is 9.13 Å². The number of ether oxygens (including phenoxy) is 2. The Hall–Kier alpha value is -13.5. The van der Waals surface area contributed by atoms with Gasteiger partial charge < -0.3 is 28.4 Å². The van der Waals surface area contributed by atoms with Crippen LogP contribution < -0.4 is 68.4 Å². The molecular formula is C104H73B3N4O2. The zero-order valence-electron chi connectivity index (χ0n) is 83.9. The van der Waals surface area contributed by atoms with Crippen molar-refractivity contribution in [2.24, 2.45) is 0 Å². The van der Waals surface area contributed by atoms with Gasteiger partial charge in [0.15, 0.2) is 0 Å². The standard InChI is InChI=1S/C104H73B3N4O2/c1-103(2,3)75-48-31-49-76(104(4,5)6)91(75)66-58-83-92-84(59-66)111(98-69(64-36-15-9-16-37-64)44-28-45-70(98)65-38-17-10-18-39-65)88-61-86-94-102(113-90-57-26-22-51-78(90)106(94)80-53-30-47-74-72-41-20-24-55-82(72)109(86)100(74)80)96(88)107(92)95-87(110(83)97-67(62-32-11-7-12-33-62)42-27-43-68(97)63-34-13-8-14-35-63)60-85-93-101(95)112-89-56-25-21-50-77(89)105(93)79-52-29-46-73-71-40-19-23-54-81(71)108(85)99(73)79/h7-61H,1-6H3/i19D,20D,21D,22D,23D,24D,25D,26D,29D,30D,40D,41D,46D,47D,50D,51D,52D,53D,54D,55D,56D,57D. The summed E-state index contributed by atoms with van der Waals surface area (Å²) in [4.78, 5) is 4.37. The topological polar surface area (TPSA) is 34.8 Å². The van der Waals surface area contributed by atoms with Crippen molar-refractivity contribution in [2.45, 2.75) is 52.4 Å². The third-order valence-electron chi connectivity index (χ3n) is 23.9. The summed E-state index contributed by atoms with van der Waals surface area (Å²) in [6.45, 7) is 8.33. The second-order valence-electron chi connectivity index (χ2n) is 32.0. The Labute approximate surface area is 689 Å². The number of benzene rings is 16. The van der Waals surface area contributed by atoms with Crippen molar-refractivity contribution in [3.63, 3.8) is 0 Å². The predicted molar refractivity (Wildman–Crippen MR) is 476 cm³/mol. The number of nitrogens with zero attached hydrogens (tertiary/aromatic N) is 4. The van der Waals surface area contributed by atoms with Gasteiger partial charge in [-0.05, 0) is 153 Å². The summed E-state index contributed by atoms with van der Waals surface area (Å²) in [5.74, 6) is -1.03. The average molecular weight is 1470 g/mol. The average Bonchev–Trinajstić information content (AvgIpc) is 1.64. The molecule has 113 heavy (non-hydrogen) atoms. The van der Waals surface area contributed by atoms with E-state index in [2.05, 4.69) is 81.7 Å². The maximum absolute atomic E-state index is 10.6. The summed E-state index contributed by atoms with van der Waals surface area (Å²) < 4.78 is 240. The fourth-order valence-corrected chi connectivity index (χ4v) is 19.4. The van der Waals surface area contributed by atoms with Crippen LogP contribution in [0.5, 0.6) is 23.0 Å². The Bertz CT molecular complexity index is 7980. The molecule has 0 aliphatic carbocycles. The van der Waals surface area contributed by atoms with Gasteiger partial charge in [-0.2, -0.15) is 0 Å². The molecule has 16 aromatic carbocycles. The monoisotopic (exact) mass is 1460 g/mol. The van der Waals surface area contributed by atoms with Gasteiger partial charge in [-0.25, -0.2) is 0 Å². The van der Waals surface area contributed by atoms with Gasteiger partial charge in [0.1, 0.15) is 23.0 Å². The quantitative estimate of drug-likeness (QED) is 0.149. The second-order valence-corrected chi connectivity index (χ2v) is 32.0. The minimum Gasteiger partial charge on any atom is -0.459 e. The van der Waals surface area contributed by atoms with Gasteiger partial charge in [0.05, 0.1) is 52.6 Å². The molecule has 6 aliphatic heterocycles. The summed E-state index contributed by atoms with van der Waals surface area (Å²) >= 11 is 0. The van der Waals surface area contributed by atoms with E-state index in [0.29, 0.717) is 56.0 Å². The highest BCUT2D eigenvalue weighted by Crippen LogP contribution is 2.58. The van der Waals surface area contributed by atoms with E-state index in [1.165, 1.54) is 0 Å². The molecule has 18 aromatic rings. The van der Waals surface area contributed by atoms with Gasteiger partial charge in [0.25, 0.3) is 20.1 Å². The first-order valence-electron chi connectivity index (χ1n) is 49.0. The van der Waals surface area contributed by atoms with Crippen LogP contribution in [0, 0.1) is 0 Å². The molecule has 0 fully saturated rings. The minimum atomic E-state index is -1.60. The lowest BCUT2D eigenvalue weighted by atomic mass is 9.28. The molecule has 24 rings (SSSR count). The van der Waals surface area contributed by atoms with Crippen LogP contribution in [-0.4, -0.2) is 29.3 Å². The van der Waals surface area contributed by atoms with Gasteiger partial charge >= 0.3 is 0 Å². The van der Waals surface area contributed by atoms with Gasteiger partial charge in [-0.15, -0.1) is 0 Å². The third kappa shape index (κ3) is 8.93. The van der Waals surface area contributed by atoms with Crippen LogP contribution in [0.15, 0.2) is 333 Å². The molecule has 9 heteroatoms. The largest absolute Gasteiger partial charge is 0.459 e. The number of para-hydroxylation sites is 8. The maximum atomic E-state index is 10.6. The van der Waals surface area contributed by atoms with Crippen molar-refractivity contribution in [3.05, 3.63) is 344 Å². The molecule has 0 unspecified atom stereocenters. The summed E-state index contributed by atoms with van der Waals surface area (Å²) in [6, 6.07) is 52.3. The summed E-state index contributed by atoms with van der Waals surface area (Å²) in [5, 5.41) is -0.595. The molecule has 0 saturated heterocycles. The number of fused-ring (bicyclic) bond motifs is 20. The zero-order chi connectivity index (χ0) is 94.2. The first-order valence-corrected chi connectivity index (χ1v) is 38.0. The molecule has 0 N–H and O–H groups in total. The van der Waals surface area contributed by atoms with Crippen molar-refractivity contribution < 1.29 is 39.6 Å². The normalized spacial score (nSPS) is 16.4. The number of hydrogen-bond donors (Lipinski definition) is 0. The van der Waals surface area contributed by atoms with E-state index < -0.39 is 175 Å². The fraction of sp³-hybridized carbons (Fsp3) is 0.0769. The molecule has 0 radical (unpaired) electrons. The van der Waals surface area contributed by atoms with Crippen molar-refractivity contribution in [1.29, 1.82) is 0 Å². The van der Waals surface area contributed by atoms with E-state index in [1.54, 1.807) is 9.13 Å². The lowest BCUT2D eigenvalue weighted by molar-refractivity contribution is 0.490. The molecule has 530 valence electrons. The second kappa shape index (κ2) is 23.5. The molecule has 0 saturated carbocycles. The molecule has 0 amide bonds. The van der Waals surface area contributed by atoms with Crippen molar-refractivity contribution in [3.8, 4) is 90.0 Å². The Morgan fingerprint density at radius 1 is 0.292 bits per heavy atom. The van der Waals surface area contributed by atoms with E-state index in [1.807, 2.05) is 170 Å². The minimum absolute atomic E-state index is 0.00949. The summed E-state index contributed by atoms with van der Waals surface area (Å²) in [5.41, 5.74) is 10.8. The van der Waals surface area contributed by atoms with Crippen LogP contribution in [0.3, 0.4) is 0 Å². The predicted octanol–water partition coefficient (Wildman–Crippen LogP) is 20.8. The zero-order valence-corrected chi connectivity index (χ0v) is 61.9. The highest BCUT2D eigenvalue weighted by molar-refractivity contribution is 7.05. The van der Waals surface area contributed by atoms with Crippen molar-refractivity contribution in [2.75, 3.05) is 9.80 Å². The Kier molecular flexibility index (Phi) is 9.63. The fourth-order valence-electron chi connectivity index (χ4n) is 19.4. The van der Waals surface area contributed by atoms with Crippen LogP contribution in [-0.2, 0) is 10.8 Å². The van der Waals surface area contributed by atoms with Crippen molar-refractivity contribution >= 4 is 147 Å². The van der Waals surface area contributed by atoms with Crippen LogP contribution in [0.4, 0.5) is 34.1 Å². The SMILES string of the molecule is [2H]c1c([2H])c([2H])c2c(c1[2H])Oc1c3c(cc4c1B2c1c([2H])c([2H])c([2H])c2c5c([2H])c([2H])c([2H])c([2H])c5n-4c12)N(c1c(-c2ccccc2)cccc1-c1ccccc1)c1cc(-c2c(C(C)(C)C)cccc2C(C)(C)C)cc2c1B3c1c(cc3c4c1Oc1c([2H])c([2H])c([2H])c([2H])c1B4c1c([2H])c([2H])c([2H])c4c5c([2H])c([2H])c([2H])c([2H])c5n-3c14)N2c1c(-c2ccccc2)cccc1-c1ccccc1. The van der Waals surface area contributed by atoms with Gasteiger partial charge in [0, 0.05) is 89.0 Å². The Balaban J connectivity index is 1.01. The van der Waals surface area contributed by atoms with E-state index in [0.717, 1.165) is 38.9 Å². The molecule has 8 heterocycles. The van der Waals surface area contributed by atoms with E-state index >= 15 is 0 Å². The van der Waals surface area contributed by atoms with E-state index in [9.17, 15) is 30.2 Å². The molecule has 6 nitrogen and oxygen atoms in total. The van der Waals surface area contributed by atoms with Gasteiger partial charge in [0.2, 0.25) is 0 Å². The third-order valence-corrected chi connectivity index (χ3v) is 23.9. The maximum Gasteiger partial charge on any atom is 0.261 e. The first-order chi connectivity index (χ1) is 64.6. The number of aromatic nitrogens is 2. The number of hydrogen-bond acceptors (Lipinski definition) is 4. The lowest BCUT2D eigenvalue weighted by Gasteiger charge is -2.48. The molecule has 0 atom stereocenters. The molecule has 6 aliphatic rings. The highest BCUT2D eigenvalue weighted by atomic mass is 16.5. The lowest BCUT2D eigenvalue weighted by Crippen LogP contribution is -2.67. The molecular weight excluding hydrogens is 1370 g/mol. The molecule has 0 bridgehead atoms. The molecule has 0 spiro atoms. The van der Waals surface area contributed by atoms with Crippen LogP contribution in [0.25, 0.3) is 111 Å². The number of anilines is 6. The Morgan fingerprint density at radius 3 is 1.03 bits per heavy atom. The van der Waals surface area contributed by atoms with E-state index in [4.69, 9.17) is 9.47 Å². The Morgan fingerprint density at radius 2 is 0.628 bits per heavy atom. The van der Waals surface area contributed by atoms with Gasteiger partial charge in [-0.1, -0.05) is 326 Å². The number of rotatable bonds is 7. The van der Waals surface area contributed by atoms with E-state index in [-0.39, 0.29) is 122 Å².